The van der Waals surface area contributed by atoms with Gasteiger partial charge in [0.1, 0.15) is 0 Å². The molecule has 0 saturated carbocycles. The van der Waals surface area contributed by atoms with Crippen LogP contribution in [0, 0.1) is 13.8 Å². The van der Waals surface area contributed by atoms with E-state index in [0.717, 1.165) is 22.6 Å². The zero-order valence-electron chi connectivity index (χ0n) is 11.8. The number of carbonyl (C=O) groups is 1. The first-order valence-electron chi connectivity index (χ1n) is 6.21. The fourth-order valence-corrected chi connectivity index (χ4v) is 2.06. The summed E-state index contributed by atoms with van der Waals surface area (Å²) in [6.07, 6.45) is 2.08. The molecule has 0 saturated heterocycles. The second kappa shape index (κ2) is 5.26. The Balaban J connectivity index is 1.96. The summed E-state index contributed by atoms with van der Waals surface area (Å²) in [4.78, 5) is 12.0. The average Bonchev–Trinajstić information content (AvgIpc) is 2.86. The molecule has 0 radical (unpaired) electrons. The molecule has 6 heteroatoms. The first-order chi connectivity index (χ1) is 8.99. The van der Waals surface area contributed by atoms with E-state index < -0.39 is 0 Å². The van der Waals surface area contributed by atoms with Gasteiger partial charge in [0.2, 0.25) is 5.91 Å². The van der Waals surface area contributed by atoms with Crippen LogP contribution in [-0.4, -0.2) is 25.5 Å². The maximum atomic E-state index is 12.0. The molecule has 19 heavy (non-hydrogen) atoms. The molecular weight excluding hydrogens is 242 g/mol. The minimum absolute atomic E-state index is 0.000370. The topological polar surface area (TPSA) is 64.7 Å². The van der Waals surface area contributed by atoms with Crippen molar-refractivity contribution in [3.8, 4) is 0 Å². The van der Waals surface area contributed by atoms with Crippen LogP contribution < -0.4 is 5.32 Å². The normalized spacial score (nSPS) is 10.7. The number of aromatic nitrogens is 4. The van der Waals surface area contributed by atoms with Gasteiger partial charge in [-0.2, -0.15) is 10.2 Å². The van der Waals surface area contributed by atoms with Crippen molar-refractivity contribution in [1.82, 2.24) is 24.9 Å². The molecule has 0 aliphatic heterocycles. The maximum Gasteiger partial charge on any atom is 0.224 e. The van der Waals surface area contributed by atoms with Gasteiger partial charge in [-0.3, -0.25) is 14.2 Å². The van der Waals surface area contributed by atoms with E-state index in [1.54, 1.807) is 15.6 Å². The summed E-state index contributed by atoms with van der Waals surface area (Å²) < 4.78 is 3.56. The van der Waals surface area contributed by atoms with Crippen molar-refractivity contribution in [1.29, 1.82) is 0 Å². The monoisotopic (exact) mass is 261 g/mol. The van der Waals surface area contributed by atoms with Crippen LogP contribution in [0.5, 0.6) is 0 Å². The summed E-state index contributed by atoms with van der Waals surface area (Å²) in [6, 6.07) is 1.89. The molecular formula is C13H19N5O. The summed E-state index contributed by atoms with van der Waals surface area (Å²) in [5.74, 6) is 0.000370. The van der Waals surface area contributed by atoms with Gasteiger partial charge in [-0.05, 0) is 19.9 Å². The van der Waals surface area contributed by atoms with Crippen molar-refractivity contribution >= 4 is 5.91 Å². The Bertz CT molecular complexity index is 596. The van der Waals surface area contributed by atoms with E-state index in [4.69, 9.17) is 0 Å². The molecule has 6 nitrogen and oxygen atoms in total. The van der Waals surface area contributed by atoms with Gasteiger partial charge >= 0.3 is 0 Å². The summed E-state index contributed by atoms with van der Waals surface area (Å²) in [6.45, 7) is 4.40. The molecule has 2 aromatic rings. The van der Waals surface area contributed by atoms with Gasteiger partial charge in [0.15, 0.2) is 0 Å². The third-order valence-electron chi connectivity index (χ3n) is 3.39. The van der Waals surface area contributed by atoms with Crippen molar-refractivity contribution in [2.24, 2.45) is 14.1 Å². The zero-order valence-corrected chi connectivity index (χ0v) is 11.8. The van der Waals surface area contributed by atoms with Crippen LogP contribution in [0.2, 0.25) is 0 Å². The highest BCUT2D eigenvalue weighted by Crippen LogP contribution is 2.12. The summed E-state index contributed by atoms with van der Waals surface area (Å²) in [7, 11) is 3.75. The molecule has 102 valence electrons. The van der Waals surface area contributed by atoms with Crippen molar-refractivity contribution in [2.45, 2.75) is 26.8 Å². The highest BCUT2D eigenvalue weighted by Gasteiger charge is 2.13. The zero-order chi connectivity index (χ0) is 14.0. The Labute approximate surface area is 112 Å². The van der Waals surface area contributed by atoms with E-state index in [9.17, 15) is 4.79 Å². The lowest BCUT2D eigenvalue weighted by Gasteiger charge is -2.06. The highest BCUT2D eigenvalue weighted by atomic mass is 16.1. The van der Waals surface area contributed by atoms with Crippen LogP contribution in [-0.2, 0) is 31.9 Å². The Hall–Kier alpha value is -2.11. The summed E-state index contributed by atoms with van der Waals surface area (Å²) in [5, 5.41) is 11.3. The van der Waals surface area contributed by atoms with Crippen molar-refractivity contribution in [3.05, 3.63) is 34.9 Å². The highest BCUT2D eigenvalue weighted by molar-refractivity contribution is 5.79. The van der Waals surface area contributed by atoms with Crippen LogP contribution >= 0.6 is 0 Å². The largest absolute Gasteiger partial charge is 0.350 e. The third-order valence-corrected chi connectivity index (χ3v) is 3.39. The van der Waals surface area contributed by atoms with Gasteiger partial charge in [-0.15, -0.1) is 0 Å². The number of hydrogen-bond donors (Lipinski definition) is 1. The predicted molar refractivity (Wildman–Crippen MR) is 71.4 cm³/mol. The second-order valence-electron chi connectivity index (χ2n) is 4.67. The molecule has 0 aromatic carbocycles. The Kier molecular flexibility index (Phi) is 3.69. The number of nitrogens with one attached hydrogen (secondary N) is 1. The molecule has 0 bridgehead atoms. The Morgan fingerprint density at radius 2 is 2.05 bits per heavy atom. The first-order valence-corrected chi connectivity index (χ1v) is 6.21. The molecule has 0 atom stereocenters. The van der Waals surface area contributed by atoms with E-state index in [1.165, 1.54) is 0 Å². The van der Waals surface area contributed by atoms with Gasteiger partial charge < -0.3 is 5.32 Å². The lowest BCUT2D eigenvalue weighted by molar-refractivity contribution is -0.120. The first kappa shape index (κ1) is 13.3. The van der Waals surface area contributed by atoms with E-state index >= 15 is 0 Å². The average molecular weight is 261 g/mol. The number of nitrogens with zero attached hydrogens (tertiary/aromatic N) is 4. The van der Waals surface area contributed by atoms with Crippen molar-refractivity contribution in [2.75, 3.05) is 0 Å². The smallest absolute Gasteiger partial charge is 0.224 e. The number of amides is 1. The fourth-order valence-electron chi connectivity index (χ4n) is 2.06. The van der Waals surface area contributed by atoms with Crippen LogP contribution in [0.25, 0.3) is 0 Å². The number of carbonyl (C=O) groups excluding carboxylic acids is 1. The summed E-state index contributed by atoms with van der Waals surface area (Å²) >= 11 is 0. The van der Waals surface area contributed by atoms with Gasteiger partial charge in [0.05, 0.1) is 24.4 Å². The van der Waals surface area contributed by atoms with Crippen LogP contribution in [0.15, 0.2) is 12.3 Å². The second-order valence-corrected chi connectivity index (χ2v) is 4.67. The molecule has 1 amide bonds. The molecule has 2 rings (SSSR count). The molecule has 0 aliphatic carbocycles. The lowest BCUT2D eigenvalue weighted by atomic mass is 10.1. The Morgan fingerprint density at radius 1 is 1.32 bits per heavy atom. The summed E-state index contributed by atoms with van der Waals surface area (Å²) in [5.41, 5.74) is 3.93. The minimum atomic E-state index is 0.000370. The minimum Gasteiger partial charge on any atom is -0.350 e. The Morgan fingerprint density at radius 3 is 2.58 bits per heavy atom. The van der Waals surface area contributed by atoms with Gasteiger partial charge in [0, 0.05) is 31.5 Å². The number of rotatable bonds is 4. The molecule has 1 N–H and O–H groups in total. The standard InChI is InChI=1S/C13H19N5O/c1-9-12(10(2)17(3)16-9)7-13(19)14-8-11-5-6-15-18(11)4/h5-6H,7-8H2,1-4H3,(H,14,19). The SMILES string of the molecule is Cc1nn(C)c(C)c1CC(=O)NCc1ccnn1C. The van der Waals surface area contributed by atoms with E-state index in [2.05, 4.69) is 15.5 Å². The molecule has 0 unspecified atom stereocenters. The quantitative estimate of drug-likeness (QED) is 0.878. The lowest BCUT2D eigenvalue weighted by Crippen LogP contribution is -2.26. The van der Waals surface area contributed by atoms with E-state index in [0.29, 0.717) is 13.0 Å². The van der Waals surface area contributed by atoms with E-state index in [1.807, 2.05) is 34.0 Å². The molecule has 0 fully saturated rings. The van der Waals surface area contributed by atoms with Crippen LogP contribution in [0.4, 0.5) is 0 Å². The fraction of sp³-hybridized carbons (Fsp3) is 0.462. The molecule has 2 aromatic heterocycles. The molecule has 2 heterocycles. The van der Waals surface area contributed by atoms with Crippen LogP contribution in [0.1, 0.15) is 22.6 Å². The van der Waals surface area contributed by atoms with Crippen molar-refractivity contribution in [3.63, 3.8) is 0 Å². The van der Waals surface area contributed by atoms with Gasteiger partial charge in [-0.25, -0.2) is 0 Å². The van der Waals surface area contributed by atoms with Gasteiger partial charge in [0.25, 0.3) is 0 Å². The third kappa shape index (κ3) is 2.83. The van der Waals surface area contributed by atoms with Crippen molar-refractivity contribution < 1.29 is 4.79 Å². The molecule has 0 aliphatic rings. The molecule has 0 spiro atoms. The van der Waals surface area contributed by atoms with Crippen LogP contribution in [0.3, 0.4) is 0 Å². The number of aryl methyl sites for hydroxylation is 3. The van der Waals surface area contributed by atoms with Gasteiger partial charge in [-0.1, -0.05) is 0 Å². The maximum absolute atomic E-state index is 12.0. The van der Waals surface area contributed by atoms with E-state index in [-0.39, 0.29) is 5.91 Å². The number of hydrogen-bond acceptors (Lipinski definition) is 3. The predicted octanol–water partition coefficient (Wildman–Crippen LogP) is 0.629.